The predicted molar refractivity (Wildman–Crippen MR) is 111 cm³/mol. The van der Waals surface area contributed by atoms with E-state index in [0.717, 1.165) is 11.1 Å². The van der Waals surface area contributed by atoms with Crippen molar-refractivity contribution in [1.82, 2.24) is 9.38 Å². The fourth-order valence-electron chi connectivity index (χ4n) is 3.32. The minimum atomic E-state index is -0.285. The number of pyridine rings is 1. The average Bonchev–Trinajstić information content (AvgIpc) is 3.03. The van der Waals surface area contributed by atoms with E-state index in [0.29, 0.717) is 28.3 Å². The monoisotopic (exact) mass is 389 g/mol. The van der Waals surface area contributed by atoms with Crippen LogP contribution < -0.4 is 5.32 Å². The SMILES string of the molecule is Cc1ccc2nc(-c3ccc(F)c(C)c3)c(CC(=O)Nc3ccccc3O)n2c1. The van der Waals surface area contributed by atoms with Gasteiger partial charge in [-0.25, -0.2) is 9.37 Å². The van der Waals surface area contributed by atoms with E-state index < -0.39 is 0 Å². The number of anilines is 1. The largest absolute Gasteiger partial charge is 0.506 e. The van der Waals surface area contributed by atoms with Gasteiger partial charge in [0, 0.05) is 11.8 Å². The van der Waals surface area contributed by atoms with E-state index in [4.69, 9.17) is 0 Å². The Hall–Kier alpha value is -3.67. The van der Waals surface area contributed by atoms with Gasteiger partial charge in [0.25, 0.3) is 0 Å². The van der Waals surface area contributed by atoms with Crippen LogP contribution in [-0.2, 0) is 11.2 Å². The summed E-state index contributed by atoms with van der Waals surface area (Å²) in [5.41, 5.74) is 4.67. The number of rotatable bonds is 4. The van der Waals surface area contributed by atoms with Crippen molar-refractivity contribution in [2.45, 2.75) is 20.3 Å². The molecule has 0 atom stereocenters. The summed E-state index contributed by atoms with van der Waals surface area (Å²) in [6.45, 7) is 3.66. The molecule has 0 bridgehead atoms. The third-order valence-corrected chi connectivity index (χ3v) is 4.80. The zero-order chi connectivity index (χ0) is 20.5. The number of imidazole rings is 1. The minimum absolute atomic E-state index is 0.00391. The predicted octanol–water partition coefficient (Wildman–Crippen LogP) is 4.64. The van der Waals surface area contributed by atoms with E-state index in [9.17, 15) is 14.3 Å². The zero-order valence-electron chi connectivity index (χ0n) is 16.1. The molecule has 5 nitrogen and oxygen atoms in total. The fraction of sp³-hybridized carbons (Fsp3) is 0.130. The summed E-state index contributed by atoms with van der Waals surface area (Å²) in [4.78, 5) is 17.4. The standard InChI is InChI=1S/C23H20FN3O2/c1-14-7-10-21-26-23(16-8-9-17(24)15(2)11-16)19(27(21)13-14)12-22(29)25-18-5-3-4-6-20(18)28/h3-11,13,28H,12H2,1-2H3,(H,25,29). The van der Waals surface area contributed by atoms with Crippen molar-refractivity contribution in [2.75, 3.05) is 5.32 Å². The highest BCUT2D eigenvalue weighted by atomic mass is 19.1. The van der Waals surface area contributed by atoms with Crippen molar-refractivity contribution in [3.8, 4) is 17.0 Å². The van der Waals surface area contributed by atoms with Crippen LogP contribution in [-0.4, -0.2) is 20.4 Å². The topological polar surface area (TPSA) is 66.6 Å². The molecule has 4 rings (SSSR count). The number of halogens is 1. The van der Waals surface area contributed by atoms with E-state index in [1.807, 2.05) is 29.7 Å². The first-order valence-electron chi connectivity index (χ1n) is 9.24. The number of phenols is 1. The van der Waals surface area contributed by atoms with E-state index in [1.54, 1.807) is 37.3 Å². The number of aromatic hydroxyl groups is 1. The van der Waals surface area contributed by atoms with Crippen molar-refractivity contribution >= 4 is 17.2 Å². The second-order valence-electron chi connectivity index (χ2n) is 7.05. The zero-order valence-corrected chi connectivity index (χ0v) is 16.1. The van der Waals surface area contributed by atoms with Gasteiger partial charge in [0.2, 0.25) is 5.91 Å². The lowest BCUT2D eigenvalue weighted by molar-refractivity contribution is -0.115. The molecule has 0 aliphatic heterocycles. The molecule has 0 aliphatic rings. The number of nitrogens with one attached hydrogen (secondary N) is 1. The number of fused-ring (bicyclic) bond motifs is 1. The molecule has 4 aromatic rings. The maximum atomic E-state index is 13.7. The molecule has 0 unspecified atom stereocenters. The molecule has 0 saturated heterocycles. The molecule has 29 heavy (non-hydrogen) atoms. The molecule has 0 saturated carbocycles. The normalized spacial score (nSPS) is 11.0. The molecule has 1 amide bonds. The second-order valence-corrected chi connectivity index (χ2v) is 7.05. The lowest BCUT2D eigenvalue weighted by atomic mass is 10.1. The van der Waals surface area contributed by atoms with E-state index >= 15 is 0 Å². The van der Waals surface area contributed by atoms with Crippen LogP contribution in [0.1, 0.15) is 16.8 Å². The van der Waals surface area contributed by atoms with E-state index in [-0.39, 0.29) is 23.9 Å². The van der Waals surface area contributed by atoms with Crippen molar-refractivity contribution in [1.29, 1.82) is 0 Å². The summed E-state index contributed by atoms with van der Waals surface area (Å²) in [5.74, 6) is -0.564. The lowest BCUT2D eigenvalue weighted by Crippen LogP contribution is -2.16. The van der Waals surface area contributed by atoms with Gasteiger partial charge >= 0.3 is 0 Å². The molecule has 0 fully saturated rings. The fourth-order valence-corrected chi connectivity index (χ4v) is 3.32. The van der Waals surface area contributed by atoms with Gasteiger partial charge in [0.1, 0.15) is 17.2 Å². The molecule has 0 aliphatic carbocycles. The van der Waals surface area contributed by atoms with Crippen LogP contribution in [0.2, 0.25) is 0 Å². The van der Waals surface area contributed by atoms with Gasteiger partial charge in [-0.05, 0) is 61.4 Å². The van der Waals surface area contributed by atoms with Crippen LogP contribution in [0.5, 0.6) is 5.75 Å². The number of amides is 1. The molecular weight excluding hydrogens is 369 g/mol. The number of carbonyl (C=O) groups excluding carboxylic acids is 1. The Balaban J connectivity index is 1.77. The summed E-state index contributed by atoms with van der Waals surface area (Å²) in [5, 5.41) is 12.7. The van der Waals surface area contributed by atoms with Crippen molar-refractivity contribution in [3.05, 3.63) is 83.4 Å². The van der Waals surface area contributed by atoms with Gasteiger partial charge in [-0.15, -0.1) is 0 Å². The lowest BCUT2D eigenvalue weighted by Gasteiger charge is -2.09. The van der Waals surface area contributed by atoms with Crippen LogP contribution in [0.4, 0.5) is 10.1 Å². The van der Waals surface area contributed by atoms with Gasteiger partial charge in [-0.2, -0.15) is 0 Å². The van der Waals surface area contributed by atoms with Gasteiger partial charge in [0.15, 0.2) is 0 Å². The molecule has 0 radical (unpaired) electrons. The van der Waals surface area contributed by atoms with Crippen LogP contribution >= 0.6 is 0 Å². The Morgan fingerprint density at radius 2 is 1.93 bits per heavy atom. The first-order chi connectivity index (χ1) is 13.9. The van der Waals surface area contributed by atoms with Crippen LogP contribution in [0.3, 0.4) is 0 Å². The van der Waals surface area contributed by atoms with E-state index in [2.05, 4.69) is 10.3 Å². The number of hydrogen-bond donors (Lipinski definition) is 2. The maximum absolute atomic E-state index is 13.7. The van der Waals surface area contributed by atoms with Crippen molar-refractivity contribution in [3.63, 3.8) is 0 Å². The Labute approximate surface area is 167 Å². The minimum Gasteiger partial charge on any atom is -0.506 e. The molecule has 2 heterocycles. The number of hydrogen-bond acceptors (Lipinski definition) is 3. The van der Waals surface area contributed by atoms with E-state index in [1.165, 1.54) is 12.1 Å². The number of carbonyl (C=O) groups is 1. The average molecular weight is 389 g/mol. The van der Waals surface area contributed by atoms with Crippen LogP contribution in [0, 0.1) is 19.7 Å². The number of aromatic nitrogens is 2. The second kappa shape index (κ2) is 7.39. The molecular formula is C23H20FN3O2. The van der Waals surface area contributed by atoms with Crippen LogP contribution in [0.25, 0.3) is 16.9 Å². The summed E-state index contributed by atoms with van der Waals surface area (Å²) in [6, 6.07) is 15.2. The van der Waals surface area contributed by atoms with Crippen molar-refractivity contribution in [2.24, 2.45) is 0 Å². The first kappa shape index (κ1) is 18.7. The molecule has 0 spiro atoms. The molecule has 2 N–H and O–H groups in total. The van der Waals surface area contributed by atoms with Gasteiger partial charge in [-0.3, -0.25) is 4.79 Å². The first-order valence-corrected chi connectivity index (χ1v) is 9.24. The molecule has 146 valence electrons. The Kier molecular flexibility index (Phi) is 4.76. The third kappa shape index (κ3) is 3.69. The third-order valence-electron chi connectivity index (χ3n) is 4.80. The Bertz CT molecular complexity index is 1230. The summed E-state index contributed by atoms with van der Waals surface area (Å²) in [7, 11) is 0. The maximum Gasteiger partial charge on any atom is 0.230 e. The summed E-state index contributed by atoms with van der Waals surface area (Å²) in [6.07, 6.45) is 1.97. The number of phenolic OH excluding ortho intramolecular Hbond substituents is 1. The number of aryl methyl sites for hydroxylation is 2. The molecule has 6 heteroatoms. The summed E-state index contributed by atoms with van der Waals surface area (Å²) >= 11 is 0. The number of para-hydroxylation sites is 2. The highest BCUT2D eigenvalue weighted by molar-refractivity contribution is 5.94. The smallest absolute Gasteiger partial charge is 0.230 e. The highest BCUT2D eigenvalue weighted by Crippen LogP contribution is 2.28. The number of benzene rings is 2. The quantitative estimate of drug-likeness (QED) is 0.500. The van der Waals surface area contributed by atoms with Gasteiger partial charge < -0.3 is 14.8 Å². The summed E-state index contributed by atoms with van der Waals surface area (Å²) < 4.78 is 15.6. The molecule has 2 aromatic carbocycles. The Morgan fingerprint density at radius 1 is 1.14 bits per heavy atom. The Morgan fingerprint density at radius 3 is 2.69 bits per heavy atom. The molecule has 2 aromatic heterocycles. The van der Waals surface area contributed by atoms with Gasteiger partial charge in [0.05, 0.1) is 23.5 Å². The van der Waals surface area contributed by atoms with Gasteiger partial charge in [-0.1, -0.05) is 18.2 Å². The highest BCUT2D eigenvalue weighted by Gasteiger charge is 2.18. The van der Waals surface area contributed by atoms with Crippen molar-refractivity contribution < 1.29 is 14.3 Å². The van der Waals surface area contributed by atoms with Crippen LogP contribution in [0.15, 0.2) is 60.8 Å². The number of nitrogens with zero attached hydrogens (tertiary/aromatic N) is 2.